The Balaban J connectivity index is 2.95. The molecule has 116 valence electrons. The molecule has 0 saturated heterocycles. The van der Waals surface area contributed by atoms with Gasteiger partial charge in [-0.2, -0.15) is 0 Å². The van der Waals surface area contributed by atoms with E-state index in [0.29, 0.717) is 12.2 Å². The Bertz CT molecular complexity index is 497. The predicted octanol–water partition coefficient (Wildman–Crippen LogP) is 4.12. The van der Waals surface area contributed by atoms with Crippen molar-refractivity contribution in [2.75, 3.05) is 16.8 Å². The standard InChI is InChI=1S/C14H19BrN2O4/c1-14(2,3)21-13(18)16(10-4-9-15)11-5-7-12(8-6-11)17(19)20/h5-8H,4,9-10H2,1-3H3. The fourth-order valence-corrected chi connectivity index (χ4v) is 1.87. The van der Waals surface area contributed by atoms with Crippen molar-refractivity contribution in [2.45, 2.75) is 32.8 Å². The van der Waals surface area contributed by atoms with Gasteiger partial charge in [0.05, 0.1) is 4.92 Å². The minimum absolute atomic E-state index is 0.0108. The smallest absolute Gasteiger partial charge is 0.414 e. The van der Waals surface area contributed by atoms with Gasteiger partial charge in [-0.15, -0.1) is 0 Å². The van der Waals surface area contributed by atoms with Crippen LogP contribution in [-0.4, -0.2) is 28.5 Å². The average molecular weight is 359 g/mol. The number of nitrogens with zero attached hydrogens (tertiary/aromatic N) is 2. The molecule has 1 amide bonds. The summed E-state index contributed by atoms with van der Waals surface area (Å²) in [5.74, 6) is 0. The van der Waals surface area contributed by atoms with Crippen LogP contribution in [0.3, 0.4) is 0 Å². The summed E-state index contributed by atoms with van der Waals surface area (Å²) < 4.78 is 5.37. The first-order valence-electron chi connectivity index (χ1n) is 6.55. The summed E-state index contributed by atoms with van der Waals surface area (Å²) in [5, 5.41) is 11.4. The van der Waals surface area contributed by atoms with Crippen LogP contribution < -0.4 is 4.90 Å². The Kier molecular flexibility index (Phi) is 6.14. The second kappa shape index (κ2) is 7.40. The molecule has 0 aromatic heterocycles. The number of rotatable bonds is 5. The summed E-state index contributed by atoms with van der Waals surface area (Å²) in [5.41, 5.74) is -0.0241. The van der Waals surface area contributed by atoms with Gasteiger partial charge in [0.1, 0.15) is 5.60 Å². The van der Waals surface area contributed by atoms with Crippen LogP contribution in [0.15, 0.2) is 24.3 Å². The molecule has 6 nitrogen and oxygen atoms in total. The van der Waals surface area contributed by atoms with E-state index in [1.807, 2.05) is 0 Å². The van der Waals surface area contributed by atoms with Gasteiger partial charge >= 0.3 is 6.09 Å². The summed E-state index contributed by atoms with van der Waals surface area (Å²) in [6, 6.07) is 5.86. The minimum atomic E-state index is -0.593. The molecule has 1 aromatic carbocycles. The van der Waals surface area contributed by atoms with E-state index in [4.69, 9.17) is 4.74 Å². The van der Waals surface area contributed by atoms with Crippen molar-refractivity contribution in [1.82, 2.24) is 0 Å². The largest absolute Gasteiger partial charge is 0.443 e. The highest BCUT2D eigenvalue weighted by Crippen LogP contribution is 2.22. The summed E-state index contributed by atoms with van der Waals surface area (Å²) in [4.78, 5) is 23.9. The maximum absolute atomic E-state index is 12.2. The van der Waals surface area contributed by atoms with Crippen LogP contribution in [0.1, 0.15) is 27.2 Å². The molecule has 0 aliphatic heterocycles. The van der Waals surface area contributed by atoms with Crippen molar-refractivity contribution in [3.8, 4) is 0 Å². The third-order valence-corrected chi connectivity index (χ3v) is 3.06. The number of anilines is 1. The van der Waals surface area contributed by atoms with Gasteiger partial charge in [-0.05, 0) is 39.3 Å². The highest BCUT2D eigenvalue weighted by Gasteiger charge is 2.23. The van der Waals surface area contributed by atoms with E-state index in [0.717, 1.165) is 11.8 Å². The lowest BCUT2D eigenvalue weighted by Crippen LogP contribution is -2.37. The number of hydrogen-bond donors (Lipinski definition) is 0. The fourth-order valence-electron chi connectivity index (χ4n) is 1.61. The molecule has 0 spiro atoms. The zero-order chi connectivity index (χ0) is 16.0. The molecule has 0 aliphatic rings. The Morgan fingerprint density at radius 3 is 2.33 bits per heavy atom. The molecule has 0 unspecified atom stereocenters. The average Bonchev–Trinajstić information content (AvgIpc) is 2.37. The number of alkyl halides is 1. The lowest BCUT2D eigenvalue weighted by atomic mass is 10.2. The lowest BCUT2D eigenvalue weighted by molar-refractivity contribution is -0.384. The molecule has 0 saturated carbocycles. The maximum atomic E-state index is 12.2. The molecular weight excluding hydrogens is 340 g/mol. The molecule has 1 aromatic rings. The summed E-state index contributed by atoms with van der Waals surface area (Å²) in [7, 11) is 0. The molecule has 1 rings (SSSR count). The second-order valence-corrected chi connectivity index (χ2v) is 6.24. The molecule has 7 heteroatoms. The summed E-state index contributed by atoms with van der Waals surface area (Å²) >= 11 is 3.32. The van der Waals surface area contributed by atoms with Crippen LogP contribution in [0.4, 0.5) is 16.2 Å². The number of carbonyl (C=O) groups excluding carboxylic acids is 1. The van der Waals surface area contributed by atoms with Crippen molar-refractivity contribution in [3.63, 3.8) is 0 Å². The third-order valence-electron chi connectivity index (χ3n) is 2.50. The topological polar surface area (TPSA) is 72.7 Å². The number of ether oxygens (including phenoxy) is 1. The van der Waals surface area contributed by atoms with E-state index in [9.17, 15) is 14.9 Å². The first-order valence-corrected chi connectivity index (χ1v) is 7.67. The van der Waals surface area contributed by atoms with E-state index in [2.05, 4.69) is 15.9 Å². The minimum Gasteiger partial charge on any atom is -0.443 e. The zero-order valence-electron chi connectivity index (χ0n) is 12.3. The maximum Gasteiger partial charge on any atom is 0.414 e. The van der Waals surface area contributed by atoms with Gasteiger partial charge in [-0.1, -0.05) is 15.9 Å². The molecule has 0 heterocycles. The number of benzene rings is 1. The second-order valence-electron chi connectivity index (χ2n) is 5.45. The normalized spacial score (nSPS) is 11.0. The van der Waals surface area contributed by atoms with Crippen molar-refractivity contribution in [2.24, 2.45) is 0 Å². The van der Waals surface area contributed by atoms with Gasteiger partial charge in [0.25, 0.3) is 5.69 Å². The van der Waals surface area contributed by atoms with E-state index in [1.54, 1.807) is 32.9 Å². The Hall–Kier alpha value is -1.63. The number of amides is 1. The summed E-state index contributed by atoms with van der Waals surface area (Å²) in [6.45, 7) is 5.86. The summed E-state index contributed by atoms with van der Waals surface area (Å²) in [6.07, 6.45) is 0.285. The Morgan fingerprint density at radius 1 is 1.33 bits per heavy atom. The predicted molar refractivity (Wildman–Crippen MR) is 85.1 cm³/mol. The van der Waals surface area contributed by atoms with Crippen LogP contribution in [0, 0.1) is 10.1 Å². The number of nitro groups is 1. The van der Waals surface area contributed by atoms with Crippen molar-refractivity contribution in [3.05, 3.63) is 34.4 Å². The number of carbonyl (C=O) groups is 1. The number of nitro benzene ring substituents is 1. The Morgan fingerprint density at radius 2 is 1.90 bits per heavy atom. The highest BCUT2D eigenvalue weighted by atomic mass is 79.9. The number of non-ortho nitro benzene ring substituents is 1. The van der Waals surface area contributed by atoms with Crippen molar-refractivity contribution in [1.29, 1.82) is 0 Å². The third kappa shape index (κ3) is 5.71. The lowest BCUT2D eigenvalue weighted by Gasteiger charge is -2.27. The van der Waals surface area contributed by atoms with Gasteiger partial charge in [0, 0.05) is 29.7 Å². The Labute approximate surface area is 132 Å². The van der Waals surface area contributed by atoms with Gasteiger partial charge < -0.3 is 4.74 Å². The van der Waals surface area contributed by atoms with Gasteiger partial charge in [0.15, 0.2) is 0 Å². The van der Waals surface area contributed by atoms with Crippen LogP contribution in [0.5, 0.6) is 0 Å². The number of hydrogen-bond acceptors (Lipinski definition) is 4. The van der Waals surface area contributed by atoms with Gasteiger partial charge in [-0.25, -0.2) is 4.79 Å². The van der Waals surface area contributed by atoms with Gasteiger partial charge in [-0.3, -0.25) is 15.0 Å². The molecular formula is C14H19BrN2O4. The highest BCUT2D eigenvalue weighted by molar-refractivity contribution is 9.09. The van der Waals surface area contributed by atoms with Crippen LogP contribution in [0.25, 0.3) is 0 Å². The van der Waals surface area contributed by atoms with Gasteiger partial charge in [0.2, 0.25) is 0 Å². The molecule has 0 N–H and O–H groups in total. The molecule has 21 heavy (non-hydrogen) atoms. The fraction of sp³-hybridized carbons (Fsp3) is 0.500. The van der Waals surface area contributed by atoms with E-state index in [1.165, 1.54) is 17.0 Å². The molecule has 0 fully saturated rings. The monoisotopic (exact) mass is 358 g/mol. The van der Waals surface area contributed by atoms with Crippen molar-refractivity contribution >= 4 is 33.4 Å². The van der Waals surface area contributed by atoms with E-state index >= 15 is 0 Å². The number of halogens is 1. The van der Waals surface area contributed by atoms with E-state index in [-0.39, 0.29) is 5.69 Å². The molecule has 0 aliphatic carbocycles. The van der Waals surface area contributed by atoms with Crippen LogP contribution in [-0.2, 0) is 4.74 Å². The first-order chi connectivity index (χ1) is 9.74. The molecule has 0 radical (unpaired) electrons. The quantitative estimate of drug-likeness (QED) is 0.450. The molecule has 0 bridgehead atoms. The van der Waals surface area contributed by atoms with Crippen LogP contribution >= 0.6 is 15.9 Å². The zero-order valence-corrected chi connectivity index (χ0v) is 13.9. The molecule has 0 atom stereocenters. The van der Waals surface area contributed by atoms with Crippen LogP contribution in [0.2, 0.25) is 0 Å². The first kappa shape index (κ1) is 17.4. The van der Waals surface area contributed by atoms with Crippen molar-refractivity contribution < 1.29 is 14.5 Å². The van der Waals surface area contributed by atoms with E-state index < -0.39 is 16.6 Å². The SMILES string of the molecule is CC(C)(C)OC(=O)N(CCCBr)c1ccc([N+](=O)[O-])cc1.